The largest absolute Gasteiger partial charge is 0.350 e. The van der Waals surface area contributed by atoms with Crippen molar-refractivity contribution in [1.29, 1.82) is 0 Å². The Kier molecular flexibility index (Phi) is 9.60. The lowest BCUT2D eigenvalue weighted by atomic mass is 10.2. The van der Waals surface area contributed by atoms with Crippen LogP contribution in [0.25, 0.3) is 0 Å². The number of nitrogens with one attached hydrogen (secondary N) is 1. The third-order valence-electron chi connectivity index (χ3n) is 1.62. The fraction of sp³-hybridized carbons (Fsp3) is 0.545. The van der Waals surface area contributed by atoms with Crippen molar-refractivity contribution in [2.75, 3.05) is 5.75 Å². The maximum atomic E-state index is 10.6. The molecule has 1 unspecified atom stereocenters. The highest BCUT2D eigenvalue weighted by Crippen LogP contribution is 1.91. The Balaban J connectivity index is 0. The van der Waals surface area contributed by atoms with Gasteiger partial charge in [0.15, 0.2) is 0 Å². The topological polar surface area (TPSA) is 83.5 Å². The van der Waals surface area contributed by atoms with Crippen LogP contribution in [0.5, 0.6) is 0 Å². The van der Waals surface area contributed by atoms with Gasteiger partial charge in [0.2, 0.25) is 5.91 Å². The van der Waals surface area contributed by atoms with E-state index in [4.69, 9.17) is 4.55 Å². The van der Waals surface area contributed by atoms with Crippen molar-refractivity contribution < 1.29 is 17.8 Å². The second kappa shape index (κ2) is 8.95. The van der Waals surface area contributed by atoms with Gasteiger partial charge in [0.05, 0.1) is 5.75 Å². The first kappa shape index (κ1) is 18.2. The molecule has 0 aromatic heterocycles. The summed E-state index contributed by atoms with van der Waals surface area (Å²) in [6.45, 7) is 12.2. The van der Waals surface area contributed by atoms with Crippen LogP contribution in [0.1, 0.15) is 27.2 Å². The van der Waals surface area contributed by atoms with Crippen LogP contribution < -0.4 is 5.32 Å². The number of amides is 1. The van der Waals surface area contributed by atoms with Gasteiger partial charge in [0.25, 0.3) is 10.1 Å². The zero-order chi connectivity index (χ0) is 14.1. The molecule has 0 saturated carbocycles. The second-order valence-corrected chi connectivity index (χ2v) is 5.16. The predicted molar refractivity (Wildman–Crippen MR) is 69.3 cm³/mol. The minimum absolute atomic E-state index is 0.0932. The summed E-state index contributed by atoms with van der Waals surface area (Å²) >= 11 is 0. The van der Waals surface area contributed by atoms with Gasteiger partial charge >= 0.3 is 0 Å². The van der Waals surface area contributed by atoms with Crippen LogP contribution in [-0.4, -0.2) is 30.7 Å². The van der Waals surface area contributed by atoms with E-state index in [2.05, 4.69) is 18.5 Å². The first-order chi connectivity index (χ1) is 7.62. The minimum Gasteiger partial charge on any atom is -0.350 e. The summed E-state index contributed by atoms with van der Waals surface area (Å²) in [4.78, 5) is 10.6. The van der Waals surface area contributed by atoms with Gasteiger partial charge in [-0.25, -0.2) is 0 Å². The number of hydrogen-bond acceptors (Lipinski definition) is 3. The van der Waals surface area contributed by atoms with Crippen molar-refractivity contribution >= 4 is 16.0 Å². The molecule has 0 heterocycles. The van der Waals surface area contributed by atoms with Crippen LogP contribution in [0.15, 0.2) is 24.8 Å². The molecule has 0 aliphatic carbocycles. The fourth-order valence-corrected chi connectivity index (χ4v) is 1.34. The fourth-order valence-electron chi connectivity index (χ4n) is 0.715. The molecule has 100 valence electrons. The van der Waals surface area contributed by atoms with Crippen molar-refractivity contribution in [3.8, 4) is 0 Å². The molecule has 2 N–H and O–H groups in total. The molecule has 0 aliphatic rings. The number of carbonyl (C=O) groups excluding carboxylic acids is 1. The van der Waals surface area contributed by atoms with E-state index < -0.39 is 10.1 Å². The molecule has 0 aliphatic heterocycles. The van der Waals surface area contributed by atoms with Gasteiger partial charge in [-0.05, 0) is 26.3 Å². The lowest BCUT2D eigenvalue weighted by Gasteiger charge is -2.07. The van der Waals surface area contributed by atoms with Gasteiger partial charge in [-0.2, -0.15) is 8.42 Å². The summed E-state index contributed by atoms with van der Waals surface area (Å²) in [5.41, 5.74) is 0.438. The molecule has 0 rings (SSSR count). The normalized spacial score (nSPS) is 11.8. The Morgan fingerprint density at radius 3 is 2.18 bits per heavy atom. The van der Waals surface area contributed by atoms with Crippen molar-refractivity contribution in [3.63, 3.8) is 0 Å². The van der Waals surface area contributed by atoms with Gasteiger partial charge in [-0.1, -0.05) is 25.7 Å². The molecule has 1 atom stereocenters. The molecule has 0 fully saturated rings. The third-order valence-corrected chi connectivity index (χ3v) is 2.47. The molecule has 6 heteroatoms. The summed E-state index contributed by atoms with van der Waals surface area (Å²) in [5.74, 6) is -0.433. The van der Waals surface area contributed by atoms with E-state index >= 15 is 0 Å². The molecule has 0 bridgehead atoms. The SMILES string of the molecule is C=C(C)CS(=O)(=O)O.C=CC(=O)NC(C)CC. The first-order valence-corrected chi connectivity index (χ1v) is 6.75. The van der Waals surface area contributed by atoms with Crippen molar-refractivity contribution in [2.24, 2.45) is 0 Å². The van der Waals surface area contributed by atoms with E-state index in [1.165, 1.54) is 13.0 Å². The smallest absolute Gasteiger partial charge is 0.268 e. The van der Waals surface area contributed by atoms with Crippen molar-refractivity contribution in [3.05, 3.63) is 24.8 Å². The molecular formula is C11H21NO4S. The van der Waals surface area contributed by atoms with E-state index in [1.54, 1.807) is 0 Å². The number of carbonyl (C=O) groups is 1. The van der Waals surface area contributed by atoms with Crippen LogP contribution in [0.3, 0.4) is 0 Å². The average molecular weight is 263 g/mol. The molecule has 0 radical (unpaired) electrons. The maximum Gasteiger partial charge on any atom is 0.268 e. The zero-order valence-electron chi connectivity index (χ0n) is 10.6. The number of rotatable bonds is 5. The summed E-state index contributed by atoms with van der Waals surface area (Å²) in [6, 6.07) is 0.260. The first-order valence-electron chi connectivity index (χ1n) is 5.14. The molecule has 1 amide bonds. The van der Waals surface area contributed by atoms with Gasteiger partial charge in [-0.15, -0.1) is 0 Å². The third kappa shape index (κ3) is 17.5. The van der Waals surface area contributed by atoms with E-state index in [9.17, 15) is 13.2 Å². The molecule has 0 aromatic carbocycles. The standard InChI is InChI=1S/C7H13NO.C4H8O3S/c1-4-6(3)8-7(9)5-2;1-4(2)3-8(5,6)7/h5-6H,2,4H2,1,3H3,(H,8,9);1,3H2,2H3,(H,5,6,7). The molecular weight excluding hydrogens is 242 g/mol. The van der Waals surface area contributed by atoms with Gasteiger partial charge < -0.3 is 5.32 Å². The van der Waals surface area contributed by atoms with Crippen LogP contribution in [-0.2, 0) is 14.9 Å². The molecule has 0 saturated heterocycles. The predicted octanol–water partition coefficient (Wildman–Crippen LogP) is 1.54. The zero-order valence-corrected chi connectivity index (χ0v) is 11.4. The molecule has 0 aromatic rings. The summed E-state index contributed by atoms with van der Waals surface area (Å²) < 4.78 is 28.0. The van der Waals surface area contributed by atoms with Crippen molar-refractivity contribution in [1.82, 2.24) is 5.32 Å². The number of hydrogen-bond donors (Lipinski definition) is 2. The quantitative estimate of drug-likeness (QED) is 0.447. The molecule has 17 heavy (non-hydrogen) atoms. The Bertz CT molecular complexity index is 360. The van der Waals surface area contributed by atoms with Gasteiger partial charge in [0, 0.05) is 6.04 Å². The molecule has 5 nitrogen and oxygen atoms in total. The summed E-state index contributed by atoms with van der Waals surface area (Å²) in [6.07, 6.45) is 2.24. The Morgan fingerprint density at radius 1 is 1.53 bits per heavy atom. The summed E-state index contributed by atoms with van der Waals surface area (Å²) in [7, 11) is -3.82. The maximum absolute atomic E-state index is 10.6. The van der Waals surface area contributed by atoms with E-state index in [1.807, 2.05) is 13.8 Å². The average Bonchev–Trinajstić information content (AvgIpc) is 2.14. The van der Waals surface area contributed by atoms with Crippen LogP contribution >= 0.6 is 0 Å². The van der Waals surface area contributed by atoms with Crippen LogP contribution in [0, 0.1) is 0 Å². The van der Waals surface area contributed by atoms with E-state index in [-0.39, 0.29) is 17.7 Å². The second-order valence-electron chi connectivity index (χ2n) is 3.71. The lowest BCUT2D eigenvalue weighted by molar-refractivity contribution is -0.117. The Hall–Kier alpha value is -1.14. The monoisotopic (exact) mass is 263 g/mol. The lowest BCUT2D eigenvalue weighted by Crippen LogP contribution is -2.30. The van der Waals surface area contributed by atoms with E-state index in [0.717, 1.165) is 6.42 Å². The minimum atomic E-state index is -3.82. The van der Waals surface area contributed by atoms with E-state index in [0.29, 0.717) is 5.57 Å². The summed E-state index contributed by atoms with van der Waals surface area (Å²) in [5, 5.41) is 2.72. The van der Waals surface area contributed by atoms with Crippen molar-refractivity contribution in [2.45, 2.75) is 33.2 Å². The Morgan fingerprint density at radius 2 is 2.00 bits per heavy atom. The van der Waals surface area contributed by atoms with Gasteiger partial charge in [0.1, 0.15) is 0 Å². The highest BCUT2D eigenvalue weighted by molar-refractivity contribution is 7.85. The highest BCUT2D eigenvalue weighted by atomic mass is 32.2. The Labute approximate surface area is 103 Å². The van der Waals surface area contributed by atoms with Gasteiger partial charge in [-0.3, -0.25) is 9.35 Å². The highest BCUT2D eigenvalue weighted by Gasteiger charge is 2.01. The van der Waals surface area contributed by atoms with Crippen LogP contribution in [0.4, 0.5) is 0 Å². The van der Waals surface area contributed by atoms with Crippen LogP contribution in [0.2, 0.25) is 0 Å². The molecule has 0 spiro atoms.